The third kappa shape index (κ3) is 1.49. The highest BCUT2D eigenvalue weighted by molar-refractivity contribution is 9.10. The van der Waals surface area contributed by atoms with Crippen molar-refractivity contribution in [3.8, 4) is 6.07 Å². The number of benzene rings is 1. The maximum absolute atomic E-state index is 9.03. The second kappa shape index (κ2) is 2.85. The molecule has 2 heteroatoms. The zero-order valence-corrected chi connectivity index (χ0v) is 9.06. The van der Waals surface area contributed by atoms with Gasteiger partial charge in [0.2, 0.25) is 0 Å². The summed E-state index contributed by atoms with van der Waals surface area (Å²) in [6, 6.07) is 8.64. The quantitative estimate of drug-likeness (QED) is 0.733. The molecule has 0 radical (unpaired) electrons. The average molecular weight is 236 g/mol. The van der Waals surface area contributed by atoms with Crippen LogP contribution in [0.5, 0.6) is 0 Å². The van der Waals surface area contributed by atoms with E-state index in [2.05, 4.69) is 47.1 Å². The van der Waals surface area contributed by atoms with Crippen molar-refractivity contribution in [2.24, 2.45) is 0 Å². The Hall–Kier alpha value is -0.810. The topological polar surface area (TPSA) is 23.8 Å². The van der Waals surface area contributed by atoms with E-state index in [0.717, 1.165) is 17.3 Å². The smallest absolute Gasteiger partial charge is 0.0824 e. The molecule has 1 fully saturated rings. The van der Waals surface area contributed by atoms with E-state index >= 15 is 0 Å². The van der Waals surface area contributed by atoms with Crippen molar-refractivity contribution in [1.29, 1.82) is 5.26 Å². The van der Waals surface area contributed by atoms with Crippen molar-refractivity contribution >= 4 is 15.9 Å². The molecule has 1 aromatic carbocycles. The molecule has 0 atom stereocenters. The number of nitriles is 1. The fourth-order valence-electron chi connectivity index (χ4n) is 1.60. The monoisotopic (exact) mass is 235 g/mol. The summed E-state index contributed by atoms with van der Waals surface area (Å²) >= 11 is 3.45. The lowest BCUT2D eigenvalue weighted by molar-refractivity contribution is 0.904. The molecule has 0 spiro atoms. The SMILES string of the molecule is Cc1cc(Br)cc(C2(C#N)CC2)c1. The Labute approximate surface area is 86.5 Å². The Balaban J connectivity index is 2.48. The highest BCUT2D eigenvalue weighted by atomic mass is 79.9. The molecule has 1 nitrogen and oxygen atoms in total. The molecule has 1 saturated carbocycles. The van der Waals surface area contributed by atoms with E-state index in [9.17, 15) is 0 Å². The molecule has 13 heavy (non-hydrogen) atoms. The van der Waals surface area contributed by atoms with Gasteiger partial charge in [0.1, 0.15) is 0 Å². The first-order valence-electron chi connectivity index (χ1n) is 4.35. The van der Waals surface area contributed by atoms with E-state index in [4.69, 9.17) is 5.26 Å². The summed E-state index contributed by atoms with van der Waals surface area (Å²) in [5, 5.41) is 9.03. The van der Waals surface area contributed by atoms with Crippen LogP contribution in [0, 0.1) is 18.3 Å². The molecule has 0 bridgehead atoms. The standard InChI is InChI=1S/C11H10BrN/c1-8-4-9(6-10(12)5-8)11(7-13)2-3-11/h4-6H,2-3H2,1H3. The molecule has 66 valence electrons. The molecule has 0 heterocycles. The number of hydrogen-bond donors (Lipinski definition) is 0. The van der Waals surface area contributed by atoms with E-state index < -0.39 is 0 Å². The molecule has 1 aliphatic carbocycles. The maximum atomic E-state index is 9.03. The summed E-state index contributed by atoms with van der Waals surface area (Å²) in [6.07, 6.45) is 2.03. The summed E-state index contributed by atoms with van der Waals surface area (Å²) in [5.41, 5.74) is 2.22. The number of halogens is 1. The van der Waals surface area contributed by atoms with Gasteiger partial charge in [0.05, 0.1) is 11.5 Å². The van der Waals surface area contributed by atoms with Gasteiger partial charge in [0.25, 0.3) is 0 Å². The van der Waals surface area contributed by atoms with Crippen LogP contribution in [-0.4, -0.2) is 0 Å². The van der Waals surface area contributed by atoms with Crippen LogP contribution in [-0.2, 0) is 5.41 Å². The van der Waals surface area contributed by atoms with Gasteiger partial charge < -0.3 is 0 Å². The predicted molar refractivity (Wildman–Crippen MR) is 55.4 cm³/mol. The van der Waals surface area contributed by atoms with Gasteiger partial charge in [-0.3, -0.25) is 0 Å². The molecule has 0 unspecified atom stereocenters. The van der Waals surface area contributed by atoms with Gasteiger partial charge in [-0.2, -0.15) is 5.26 Å². The zero-order chi connectivity index (χ0) is 9.47. The van der Waals surface area contributed by atoms with Crippen molar-refractivity contribution in [3.05, 3.63) is 33.8 Å². The van der Waals surface area contributed by atoms with Crippen molar-refractivity contribution in [2.45, 2.75) is 25.2 Å². The Morgan fingerprint density at radius 3 is 2.54 bits per heavy atom. The molecule has 0 amide bonds. The van der Waals surface area contributed by atoms with Crippen LogP contribution >= 0.6 is 15.9 Å². The van der Waals surface area contributed by atoms with E-state index in [0.29, 0.717) is 0 Å². The predicted octanol–water partition coefficient (Wildman–Crippen LogP) is 3.31. The largest absolute Gasteiger partial charge is 0.197 e. The van der Waals surface area contributed by atoms with E-state index in [-0.39, 0.29) is 5.41 Å². The zero-order valence-electron chi connectivity index (χ0n) is 7.47. The lowest BCUT2D eigenvalue weighted by atomic mass is 9.96. The van der Waals surface area contributed by atoms with Crippen molar-refractivity contribution in [3.63, 3.8) is 0 Å². The van der Waals surface area contributed by atoms with Crippen LogP contribution in [0.1, 0.15) is 24.0 Å². The van der Waals surface area contributed by atoms with Gasteiger partial charge in [0, 0.05) is 4.47 Å². The van der Waals surface area contributed by atoms with Crippen LogP contribution in [0.25, 0.3) is 0 Å². The van der Waals surface area contributed by atoms with Crippen LogP contribution in [0.4, 0.5) is 0 Å². The molecule has 0 aromatic heterocycles. The molecular formula is C11H10BrN. The normalized spacial score (nSPS) is 17.9. The number of rotatable bonds is 1. The van der Waals surface area contributed by atoms with Crippen LogP contribution in [0.3, 0.4) is 0 Å². The number of hydrogen-bond acceptors (Lipinski definition) is 1. The van der Waals surface area contributed by atoms with Crippen molar-refractivity contribution in [2.75, 3.05) is 0 Å². The third-order valence-corrected chi connectivity index (χ3v) is 3.02. The second-order valence-electron chi connectivity index (χ2n) is 3.71. The van der Waals surface area contributed by atoms with Gasteiger partial charge in [0.15, 0.2) is 0 Å². The van der Waals surface area contributed by atoms with Gasteiger partial charge in [-0.05, 0) is 43.0 Å². The molecule has 1 aliphatic rings. The minimum atomic E-state index is -0.158. The first kappa shape index (κ1) is 8.77. The molecule has 0 saturated heterocycles. The maximum Gasteiger partial charge on any atom is 0.0824 e. The van der Waals surface area contributed by atoms with Crippen LogP contribution in [0.2, 0.25) is 0 Å². The Kier molecular flexibility index (Phi) is 1.92. The van der Waals surface area contributed by atoms with E-state index in [1.54, 1.807) is 0 Å². The summed E-state index contributed by atoms with van der Waals surface area (Å²) < 4.78 is 1.07. The Bertz CT molecular complexity index is 365. The van der Waals surface area contributed by atoms with Crippen LogP contribution in [0.15, 0.2) is 22.7 Å². The highest BCUT2D eigenvalue weighted by Gasteiger charge is 2.44. The fourth-order valence-corrected chi connectivity index (χ4v) is 2.21. The van der Waals surface area contributed by atoms with Gasteiger partial charge in [-0.1, -0.05) is 22.0 Å². The molecule has 0 aliphatic heterocycles. The van der Waals surface area contributed by atoms with E-state index in [1.807, 2.05) is 0 Å². The first-order chi connectivity index (χ1) is 6.16. The van der Waals surface area contributed by atoms with Gasteiger partial charge in [-0.15, -0.1) is 0 Å². The minimum Gasteiger partial charge on any atom is -0.197 e. The lowest BCUT2D eigenvalue weighted by Gasteiger charge is -2.07. The highest BCUT2D eigenvalue weighted by Crippen LogP contribution is 2.48. The lowest BCUT2D eigenvalue weighted by Crippen LogP contribution is -2.02. The second-order valence-corrected chi connectivity index (χ2v) is 4.63. The summed E-state index contributed by atoms with van der Waals surface area (Å²) in [5.74, 6) is 0. The molecule has 2 rings (SSSR count). The van der Waals surface area contributed by atoms with Crippen molar-refractivity contribution in [1.82, 2.24) is 0 Å². The molecule has 0 N–H and O–H groups in total. The minimum absolute atomic E-state index is 0.158. The first-order valence-corrected chi connectivity index (χ1v) is 5.14. The number of aryl methyl sites for hydroxylation is 1. The summed E-state index contributed by atoms with van der Waals surface area (Å²) in [6.45, 7) is 2.06. The van der Waals surface area contributed by atoms with E-state index in [1.165, 1.54) is 11.1 Å². The summed E-state index contributed by atoms with van der Waals surface area (Å²) in [7, 11) is 0. The fraction of sp³-hybridized carbons (Fsp3) is 0.364. The summed E-state index contributed by atoms with van der Waals surface area (Å²) in [4.78, 5) is 0. The Morgan fingerprint density at radius 2 is 2.08 bits per heavy atom. The third-order valence-electron chi connectivity index (χ3n) is 2.56. The average Bonchev–Trinajstić information content (AvgIpc) is 2.82. The number of nitrogens with zero attached hydrogens (tertiary/aromatic N) is 1. The Morgan fingerprint density at radius 1 is 1.38 bits per heavy atom. The molecule has 1 aromatic rings. The van der Waals surface area contributed by atoms with Gasteiger partial charge in [-0.25, -0.2) is 0 Å². The van der Waals surface area contributed by atoms with Crippen LogP contribution < -0.4 is 0 Å². The molecular weight excluding hydrogens is 226 g/mol. The van der Waals surface area contributed by atoms with Gasteiger partial charge >= 0.3 is 0 Å². The van der Waals surface area contributed by atoms with Crippen molar-refractivity contribution < 1.29 is 0 Å².